The number of aryl methyl sites for hydroxylation is 1. The van der Waals surface area contributed by atoms with Gasteiger partial charge in [0.25, 0.3) is 15.9 Å². The van der Waals surface area contributed by atoms with Gasteiger partial charge in [-0.15, -0.1) is 0 Å². The van der Waals surface area contributed by atoms with Gasteiger partial charge >= 0.3 is 0 Å². The van der Waals surface area contributed by atoms with Gasteiger partial charge in [-0.25, -0.2) is 8.42 Å². The third kappa shape index (κ3) is 4.05. The van der Waals surface area contributed by atoms with E-state index in [1.54, 1.807) is 42.5 Å². The Morgan fingerprint density at radius 3 is 2.29 bits per heavy atom. The van der Waals surface area contributed by atoms with Gasteiger partial charge in [-0.05, 0) is 43.3 Å². The van der Waals surface area contributed by atoms with Crippen LogP contribution in [0.4, 0.5) is 5.69 Å². The van der Waals surface area contributed by atoms with Crippen LogP contribution in [-0.2, 0) is 10.0 Å². The normalized spacial score (nSPS) is 15.5. The molecular weight excluding hydrogens is 374 g/mol. The van der Waals surface area contributed by atoms with Gasteiger partial charge in [-0.1, -0.05) is 31.2 Å². The minimum Gasteiger partial charge on any atom is -0.336 e. The Kier molecular flexibility index (Phi) is 6.05. The van der Waals surface area contributed by atoms with E-state index in [0.29, 0.717) is 24.3 Å². The molecule has 1 heterocycles. The maximum absolute atomic E-state index is 13.0. The number of nitrogens with zero attached hydrogens (tertiary/aromatic N) is 3. The molecule has 0 unspecified atom stereocenters. The predicted octanol–water partition coefficient (Wildman–Crippen LogP) is 2.60. The van der Waals surface area contributed by atoms with Gasteiger partial charge in [-0.3, -0.25) is 9.10 Å². The third-order valence-corrected chi connectivity index (χ3v) is 7.09. The first kappa shape index (κ1) is 20.4. The predicted molar refractivity (Wildman–Crippen MR) is 111 cm³/mol. The summed E-state index contributed by atoms with van der Waals surface area (Å²) in [6.45, 7) is 8.06. The quantitative estimate of drug-likeness (QED) is 0.773. The van der Waals surface area contributed by atoms with Crippen molar-refractivity contribution < 1.29 is 13.2 Å². The standard InChI is InChI=1S/C21H27N3O3S/c1-4-23-12-14-24(15-13-23)21(25)18-11-10-17(2)20(16-18)22(3)28(26,27)19-8-6-5-7-9-19/h5-11,16H,4,12-15H2,1-3H3. The van der Waals surface area contributed by atoms with Crippen LogP contribution in [0.2, 0.25) is 0 Å². The summed E-state index contributed by atoms with van der Waals surface area (Å²) in [7, 11) is -2.16. The Bertz CT molecular complexity index is 937. The van der Waals surface area contributed by atoms with E-state index in [4.69, 9.17) is 0 Å². The van der Waals surface area contributed by atoms with Crippen molar-refractivity contribution in [1.82, 2.24) is 9.80 Å². The number of anilines is 1. The summed E-state index contributed by atoms with van der Waals surface area (Å²) in [4.78, 5) is 17.3. The van der Waals surface area contributed by atoms with E-state index >= 15 is 0 Å². The van der Waals surface area contributed by atoms with Gasteiger partial charge in [0.05, 0.1) is 10.6 Å². The molecule has 1 saturated heterocycles. The highest BCUT2D eigenvalue weighted by Gasteiger charge is 2.25. The number of benzene rings is 2. The molecule has 0 spiro atoms. The largest absolute Gasteiger partial charge is 0.336 e. The van der Waals surface area contributed by atoms with Crippen LogP contribution in [0.15, 0.2) is 53.4 Å². The van der Waals surface area contributed by atoms with E-state index in [1.807, 2.05) is 17.9 Å². The summed E-state index contributed by atoms with van der Waals surface area (Å²) in [5, 5.41) is 0. The van der Waals surface area contributed by atoms with Crippen LogP contribution in [0.3, 0.4) is 0 Å². The first-order valence-electron chi connectivity index (χ1n) is 9.51. The number of amides is 1. The SMILES string of the molecule is CCN1CCN(C(=O)c2ccc(C)c(N(C)S(=O)(=O)c3ccccc3)c2)CC1. The summed E-state index contributed by atoms with van der Waals surface area (Å²) < 4.78 is 27.2. The van der Waals surface area contributed by atoms with E-state index in [-0.39, 0.29) is 10.8 Å². The molecule has 0 N–H and O–H groups in total. The molecule has 150 valence electrons. The van der Waals surface area contributed by atoms with Crippen molar-refractivity contribution in [3.63, 3.8) is 0 Å². The van der Waals surface area contributed by atoms with Crippen molar-refractivity contribution in [1.29, 1.82) is 0 Å². The summed E-state index contributed by atoms with van der Waals surface area (Å²) >= 11 is 0. The molecule has 2 aromatic carbocycles. The molecule has 0 aliphatic carbocycles. The molecule has 1 aliphatic heterocycles. The number of sulfonamides is 1. The molecule has 1 aliphatic rings. The van der Waals surface area contributed by atoms with Gasteiger partial charge in [-0.2, -0.15) is 0 Å². The summed E-state index contributed by atoms with van der Waals surface area (Å²) in [5.41, 5.74) is 1.83. The number of carbonyl (C=O) groups excluding carboxylic acids is 1. The highest BCUT2D eigenvalue weighted by atomic mass is 32.2. The molecule has 3 rings (SSSR count). The second kappa shape index (κ2) is 8.32. The average Bonchev–Trinajstić information content (AvgIpc) is 2.73. The number of piperazine rings is 1. The molecule has 1 fully saturated rings. The Morgan fingerprint density at radius 2 is 1.68 bits per heavy atom. The minimum absolute atomic E-state index is 0.0532. The monoisotopic (exact) mass is 401 g/mol. The van der Waals surface area contributed by atoms with Crippen molar-refractivity contribution in [2.75, 3.05) is 44.1 Å². The molecule has 28 heavy (non-hydrogen) atoms. The molecule has 0 atom stereocenters. The lowest BCUT2D eigenvalue weighted by molar-refractivity contribution is 0.0643. The number of carbonyl (C=O) groups is 1. The van der Waals surface area contributed by atoms with Crippen LogP contribution in [0.1, 0.15) is 22.8 Å². The molecule has 6 nitrogen and oxygen atoms in total. The summed E-state index contributed by atoms with van der Waals surface area (Å²) in [6, 6.07) is 13.6. The molecule has 1 amide bonds. The molecule has 0 bridgehead atoms. The van der Waals surface area contributed by atoms with Gasteiger partial charge in [0.2, 0.25) is 0 Å². The lowest BCUT2D eigenvalue weighted by Gasteiger charge is -2.34. The second-order valence-corrected chi connectivity index (χ2v) is 8.98. The molecule has 0 saturated carbocycles. The Hall–Kier alpha value is -2.38. The smallest absolute Gasteiger partial charge is 0.264 e. The fourth-order valence-corrected chi connectivity index (χ4v) is 4.68. The van der Waals surface area contributed by atoms with E-state index in [9.17, 15) is 13.2 Å². The topological polar surface area (TPSA) is 60.9 Å². The van der Waals surface area contributed by atoms with Gasteiger partial charge in [0.1, 0.15) is 0 Å². The van der Waals surface area contributed by atoms with E-state index in [2.05, 4.69) is 11.8 Å². The number of hydrogen-bond acceptors (Lipinski definition) is 4. The highest BCUT2D eigenvalue weighted by Crippen LogP contribution is 2.27. The van der Waals surface area contributed by atoms with Crippen LogP contribution >= 0.6 is 0 Å². The lowest BCUT2D eigenvalue weighted by atomic mass is 10.1. The zero-order valence-electron chi connectivity index (χ0n) is 16.6. The first-order valence-corrected chi connectivity index (χ1v) is 10.9. The van der Waals surface area contributed by atoms with Crippen molar-refractivity contribution in [2.45, 2.75) is 18.7 Å². The number of rotatable bonds is 5. The summed E-state index contributed by atoms with van der Waals surface area (Å²) in [5.74, 6) is -0.0532. The number of likely N-dealkylation sites (N-methyl/N-ethyl adjacent to an activating group) is 1. The van der Waals surface area contributed by atoms with Crippen LogP contribution in [0.5, 0.6) is 0 Å². The summed E-state index contributed by atoms with van der Waals surface area (Å²) in [6.07, 6.45) is 0. The number of hydrogen-bond donors (Lipinski definition) is 0. The van der Waals surface area contributed by atoms with Crippen molar-refractivity contribution in [3.05, 3.63) is 59.7 Å². The third-order valence-electron chi connectivity index (χ3n) is 5.30. The fraction of sp³-hybridized carbons (Fsp3) is 0.381. The second-order valence-electron chi connectivity index (χ2n) is 7.01. The molecule has 2 aromatic rings. The van der Waals surface area contributed by atoms with Gasteiger partial charge < -0.3 is 9.80 Å². The molecule has 7 heteroatoms. The van der Waals surface area contributed by atoms with E-state index in [0.717, 1.165) is 25.2 Å². The maximum Gasteiger partial charge on any atom is 0.264 e. The Labute approximate surface area is 167 Å². The Morgan fingerprint density at radius 1 is 1.04 bits per heavy atom. The van der Waals surface area contributed by atoms with E-state index < -0.39 is 10.0 Å². The Balaban J connectivity index is 1.86. The van der Waals surface area contributed by atoms with Gasteiger partial charge in [0, 0.05) is 38.8 Å². The highest BCUT2D eigenvalue weighted by molar-refractivity contribution is 7.92. The van der Waals surface area contributed by atoms with Crippen molar-refractivity contribution in [2.24, 2.45) is 0 Å². The average molecular weight is 402 g/mol. The van der Waals surface area contributed by atoms with Crippen LogP contribution in [0.25, 0.3) is 0 Å². The van der Waals surface area contributed by atoms with E-state index in [1.165, 1.54) is 11.4 Å². The zero-order valence-corrected chi connectivity index (χ0v) is 17.4. The molecule has 0 radical (unpaired) electrons. The van der Waals surface area contributed by atoms with Crippen LogP contribution in [0, 0.1) is 6.92 Å². The van der Waals surface area contributed by atoms with Crippen LogP contribution < -0.4 is 4.31 Å². The zero-order chi connectivity index (χ0) is 20.3. The van der Waals surface area contributed by atoms with Crippen molar-refractivity contribution >= 4 is 21.6 Å². The fourth-order valence-electron chi connectivity index (χ4n) is 3.41. The minimum atomic E-state index is -3.69. The lowest BCUT2D eigenvalue weighted by Crippen LogP contribution is -2.48. The molecule has 0 aromatic heterocycles. The maximum atomic E-state index is 13.0. The van der Waals surface area contributed by atoms with Gasteiger partial charge in [0.15, 0.2) is 0 Å². The van der Waals surface area contributed by atoms with Crippen molar-refractivity contribution in [3.8, 4) is 0 Å². The van der Waals surface area contributed by atoms with Crippen LogP contribution in [-0.4, -0.2) is 63.9 Å². The first-order chi connectivity index (χ1) is 13.3. The molecular formula is C21H27N3O3S.